The zero-order valence-electron chi connectivity index (χ0n) is 9.18. The highest BCUT2D eigenvalue weighted by Crippen LogP contribution is 2.19. The highest BCUT2D eigenvalue weighted by molar-refractivity contribution is 9.10. The molecule has 0 fully saturated rings. The molecule has 0 atom stereocenters. The van der Waals surface area contributed by atoms with Gasteiger partial charge in [0.1, 0.15) is 6.54 Å². The predicted octanol–water partition coefficient (Wildman–Crippen LogP) is 3.85. The topological polar surface area (TPSA) is 20.3 Å². The third-order valence-corrected chi connectivity index (χ3v) is 2.99. The van der Waals surface area contributed by atoms with Crippen LogP contribution in [0.15, 0.2) is 28.7 Å². The summed E-state index contributed by atoms with van der Waals surface area (Å²) in [7, 11) is 0. The average molecular weight is 389 g/mol. The Bertz CT molecular complexity index is 406. The smallest absolute Gasteiger partial charge is 0.329 e. The molecule has 0 N–H and O–H groups in total. The van der Waals surface area contributed by atoms with E-state index in [9.17, 15) is 18.0 Å². The number of hydrogen-bond acceptors (Lipinski definition) is 1. The van der Waals surface area contributed by atoms with Crippen LogP contribution >= 0.6 is 31.9 Å². The van der Waals surface area contributed by atoms with Crippen molar-refractivity contribution >= 4 is 37.8 Å². The summed E-state index contributed by atoms with van der Waals surface area (Å²) >= 11 is 6.24. The summed E-state index contributed by atoms with van der Waals surface area (Å²) < 4.78 is 37.8. The molecule has 1 aromatic rings. The average Bonchev–Trinajstić information content (AvgIpc) is 2.27. The summed E-state index contributed by atoms with van der Waals surface area (Å²) in [6.45, 7) is -1.23. The van der Waals surface area contributed by atoms with Gasteiger partial charge in [-0.25, -0.2) is 0 Å². The number of carbonyl (C=O) groups excluding carboxylic acids is 1. The summed E-state index contributed by atoms with van der Waals surface area (Å²) in [6.07, 6.45) is -4.40. The zero-order chi connectivity index (χ0) is 13.8. The molecule has 0 saturated heterocycles. The maximum atomic E-state index is 12.4. The number of amides is 1. The predicted molar refractivity (Wildman–Crippen MR) is 69.9 cm³/mol. The van der Waals surface area contributed by atoms with Crippen molar-refractivity contribution in [3.05, 3.63) is 34.3 Å². The quantitative estimate of drug-likeness (QED) is 0.717. The molecule has 2 nitrogen and oxygen atoms in total. The molecule has 0 unspecified atom stereocenters. The first-order valence-corrected chi connectivity index (χ1v) is 6.92. The SMILES string of the molecule is O=C(c1ccc(Br)cc1)N(CCBr)CC(F)(F)F. The van der Waals surface area contributed by atoms with Gasteiger partial charge in [0.2, 0.25) is 0 Å². The van der Waals surface area contributed by atoms with Crippen LogP contribution in [0.1, 0.15) is 10.4 Å². The third-order valence-electron chi connectivity index (χ3n) is 2.10. The van der Waals surface area contributed by atoms with Crippen LogP contribution in [0.5, 0.6) is 0 Å². The molecule has 0 heterocycles. The van der Waals surface area contributed by atoms with Crippen LogP contribution in [0, 0.1) is 0 Å². The minimum absolute atomic E-state index is 0.00834. The Morgan fingerprint density at radius 1 is 1.22 bits per heavy atom. The summed E-state index contributed by atoms with van der Waals surface area (Å²) in [5.74, 6) is -0.626. The molecule has 100 valence electrons. The van der Waals surface area contributed by atoms with Crippen molar-refractivity contribution < 1.29 is 18.0 Å². The molecule has 1 amide bonds. The summed E-state index contributed by atoms with van der Waals surface area (Å²) in [4.78, 5) is 12.7. The molecular formula is C11H10Br2F3NO. The van der Waals surface area contributed by atoms with E-state index in [1.165, 1.54) is 12.1 Å². The van der Waals surface area contributed by atoms with Gasteiger partial charge < -0.3 is 4.90 Å². The molecule has 0 aliphatic rings. The van der Waals surface area contributed by atoms with Crippen LogP contribution < -0.4 is 0 Å². The van der Waals surface area contributed by atoms with Gasteiger partial charge in [0, 0.05) is 21.9 Å². The van der Waals surface area contributed by atoms with Gasteiger partial charge >= 0.3 is 6.18 Å². The summed E-state index contributed by atoms with van der Waals surface area (Å²) in [5.41, 5.74) is 0.239. The second-order valence-electron chi connectivity index (χ2n) is 3.54. The van der Waals surface area contributed by atoms with Gasteiger partial charge in [-0.15, -0.1) is 0 Å². The lowest BCUT2D eigenvalue weighted by Gasteiger charge is -2.23. The van der Waals surface area contributed by atoms with Crippen LogP contribution in [0.4, 0.5) is 13.2 Å². The first-order chi connectivity index (χ1) is 8.33. The van der Waals surface area contributed by atoms with Crippen molar-refractivity contribution in [3.63, 3.8) is 0 Å². The molecule has 0 aromatic heterocycles. The van der Waals surface area contributed by atoms with Gasteiger partial charge in [-0.2, -0.15) is 13.2 Å². The van der Waals surface area contributed by atoms with E-state index in [0.29, 0.717) is 5.33 Å². The lowest BCUT2D eigenvalue weighted by Crippen LogP contribution is -2.40. The lowest BCUT2D eigenvalue weighted by atomic mass is 10.2. The molecule has 0 aliphatic carbocycles. The van der Waals surface area contributed by atoms with E-state index >= 15 is 0 Å². The monoisotopic (exact) mass is 387 g/mol. The first kappa shape index (κ1) is 15.5. The van der Waals surface area contributed by atoms with Crippen molar-refractivity contribution in [3.8, 4) is 0 Å². The van der Waals surface area contributed by atoms with E-state index in [1.54, 1.807) is 12.1 Å². The number of rotatable bonds is 4. The maximum Gasteiger partial charge on any atom is 0.406 e. The third kappa shape index (κ3) is 4.97. The molecule has 0 radical (unpaired) electrons. The highest BCUT2D eigenvalue weighted by Gasteiger charge is 2.32. The molecule has 1 rings (SSSR count). The Kier molecular flexibility index (Phi) is 5.65. The van der Waals surface area contributed by atoms with Crippen molar-refractivity contribution in [2.45, 2.75) is 6.18 Å². The molecule has 0 aliphatic heterocycles. The van der Waals surface area contributed by atoms with Crippen molar-refractivity contribution in [1.29, 1.82) is 0 Å². The minimum atomic E-state index is -4.40. The fourth-order valence-corrected chi connectivity index (χ4v) is 2.04. The standard InChI is InChI=1S/C11H10Br2F3NO/c12-5-6-17(7-11(14,15)16)10(18)8-1-3-9(13)4-2-8/h1-4H,5-7H2. The number of alkyl halides is 4. The summed E-state index contributed by atoms with van der Waals surface area (Å²) in [6, 6.07) is 6.22. The van der Waals surface area contributed by atoms with Gasteiger partial charge in [0.05, 0.1) is 0 Å². The van der Waals surface area contributed by atoms with Gasteiger partial charge in [-0.1, -0.05) is 31.9 Å². The fourth-order valence-electron chi connectivity index (χ4n) is 1.35. The van der Waals surface area contributed by atoms with E-state index in [0.717, 1.165) is 9.37 Å². The van der Waals surface area contributed by atoms with Crippen LogP contribution in [0.3, 0.4) is 0 Å². The Hall–Kier alpha value is -0.560. The molecule has 18 heavy (non-hydrogen) atoms. The number of benzene rings is 1. The number of carbonyl (C=O) groups is 1. The van der Waals surface area contributed by atoms with E-state index in [-0.39, 0.29) is 12.1 Å². The summed E-state index contributed by atoms with van der Waals surface area (Å²) in [5, 5.41) is 0.297. The van der Waals surface area contributed by atoms with Crippen molar-refractivity contribution in [2.75, 3.05) is 18.4 Å². The van der Waals surface area contributed by atoms with E-state index in [1.807, 2.05) is 0 Å². The van der Waals surface area contributed by atoms with E-state index in [2.05, 4.69) is 31.9 Å². The van der Waals surface area contributed by atoms with Crippen LogP contribution in [-0.4, -0.2) is 35.4 Å². The maximum absolute atomic E-state index is 12.4. The normalized spacial score (nSPS) is 11.4. The van der Waals surface area contributed by atoms with E-state index < -0.39 is 18.6 Å². The van der Waals surface area contributed by atoms with Gasteiger partial charge in [-0.3, -0.25) is 4.79 Å². The molecule has 0 saturated carbocycles. The minimum Gasteiger partial charge on any atom is -0.329 e. The van der Waals surface area contributed by atoms with Crippen LogP contribution in [0.2, 0.25) is 0 Å². The second-order valence-corrected chi connectivity index (χ2v) is 5.25. The number of halogens is 5. The van der Waals surface area contributed by atoms with E-state index in [4.69, 9.17) is 0 Å². The largest absolute Gasteiger partial charge is 0.406 e. The lowest BCUT2D eigenvalue weighted by molar-refractivity contribution is -0.140. The van der Waals surface area contributed by atoms with Gasteiger partial charge in [0.15, 0.2) is 0 Å². The molecule has 7 heteroatoms. The zero-order valence-corrected chi connectivity index (χ0v) is 12.3. The van der Waals surface area contributed by atoms with Crippen LogP contribution in [0.25, 0.3) is 0 Å². The first-order valence-electron chi connectivity index (χ1n) is 5.01. The Labute approximate surface area is 119 Å². The Balaban J connectivity index is 2.85. The molecule has 0 spiro atoms. The number of hydrogen-bond donors (Lipinski definition) is 0. The molecule has 1 aromatic carbocycles. The number of nitrogens with zero attached hydrogens (tertiary/aromatic N) is 1. The van der Waals surface area contributed by atoms with Gasteiger partial charge in [-0.05, 0) is 24.3 Å². The Morgan fingerprint density at radius 2 is 1.78 bits per heavy atom. The van der Waals surface area contributed by atoms with Crippen molar-refractivity contribution in [1.82, 2.24) is 4.90 Å². The van der Waals surface area contributed by atoms with Crippen molar-refractivity contribution in [2.24, 2.45) is 0 Å². The van der Waals surface area contributed by atoms with Gasteiger partial charge in [0.25, 0.3) is 5.91 Å². The molecular weight excluding hydrogens is 379 g/mol. The molecule has 0 bridgehead atoms. The fraction of sp³-hybridized carbons (Fsp3) is 0.364. The van der Waals surface area contributed by atoms with Crippen LogP contribution in [-0.2, 0) is 0 Å². The Morgan fingerprint density at radius 3 is 2.22 bits per heavy atom. The highest BCUT2D eigenvalue weighted by atomic mass is 79.9. The second kappa shape index (κ2) is 6.56.